The van der Waals surface area contributed by atoms with E-state index in [1.165, 1.54) is 13.8 Å². The summed E-state index contributed by atoms with van der Waals surface area (Å²) in [5.41, 5.74) is -1.12. The summed E-state index contributed by atoms with van der Waals surface area (Å²) >= 11 is 0. The molecule has 1 aliphatic heterocycles. The van der Waals surface area contributed by atoms with E-state index >= 15 is 0 Å². The Morgan fingerprint density at radius 2 is 1.84 bits per heavy atom. The van der Waals surface area contributed by atoms with Gasteiger partial charge in [0.1, 0.15) is 5.82 Å². The van der Waals surface area contributed by atoms with Crippen LogP contribution in [-0.4, -0.2) is 45.2 Å². The molecular formula is C17H19F6N5O3. The summed E-state index contributed by atoms with van der Waals surface area (Å²) in [6.45, 7) is 2.67. The van der Waals surface area contributed by atoms with Crippen LogP contribution in [0, 0.1) is 0 Å². The van der Waals surface area contributed by atoms with Crippen LogP contribution in [-0.2, 0) is 16.5 Å². The first-order chi connectivity index (χ1) is 14.1. The molecule has 0 aliphatic carbocycles. The highest BCUT2D eigenvalue weighted by Crippen LogP contribution is 2.44. The number of anilines is 2. The van der Waals surface area contributed by atoms with Crippen molar-refractivity contribution in [2.75, 3.05) is 24.3 Å². The number of alkyl halides is 6. The largest absolute Gasteiger partial charge is 0.426 e. The van der Waals surface area contributed by atoms with Crippen LogP contribution >= 0.6 is 0 Å². The average molecular weight is 455 g/mol. The maximum absolute atomic E-state index is 13.6. The van der Waals surface area contributed by atoms with Crippen LogP contribution < -0.4 is 11.1 Å². The van der Waals surface area contributed by atoms with Gasteiger partial charge in [0.05, 0.1) is 23.4 Å². The predicted octanol–water partition coefficient (Wildman–Crippen LogP) is 3.48. The summed E-state index contributed by atoms with van der Waals surface area (Å²) in [6.07, 6.45) is -11.1. The minimum atomic E-state index is -5.17. The molecule has 4 bridgehead atoms. The fraction of sp³-hybridized carbons (Fsp3) is 0.588. The van der Waals surface area contributed by atoms with Gasteiger partial charge < -0.3 is 25.3 Å². The molecule has 2 aromatic rings. The van der Waals surface area contributed by atoms with E-state index in [0.29, 0.717) is 6.07 Å². The second kappa shape index (κ2) is 7.51. The number of pyridine rings is 1. The lowest BCUT2D eigenvalue weighted by Crippen LogP contribution is -2.43. The summed E-state index contributed by atoms with van der Waals surface area (Å²) in [5.74, 6) is -2.49. The van der Waals surface area contributed by atoms with Crippen molar-refractivity contribution in [1.29, 1.82) is 0 Å². The van der Waals surface area contributed by atoms with Gasteiger partial charge in [-0.1, -0.05) is 0 Å². The standard InChI is InChI=1S/C17H19F6N5O3/c1-14(2)7-30-5-3-4-15(29,17(21,22)23)13-28-27-12(31-13)10-9(24)6-8(16(18,19)20)11(25-10)26-14/h6,29H,3-5,7,24H2,1-2H3,(H,25,26)/t15-/m1/s1. The zero-order valence-corrected chi connectivity index (χ0v) is 16.4. The van der Waals surface area contributed by atoms with Crippen molar-refractivity contribution in [3.8, 4) is 11.6 Å². The number of hydrogen-bond donors (Lipinski definition) is 3. The van der Waals surface area contributed by atoms with Crippen molar-refractivity contribution >= 4 is 11.5 Å². The molecular weight excluding hydrogens is 436 g/mol. The Hall–Kier alpha value is -2.61. The molecule has 1 atom stereocenters. The summed E-state index contributed by atoms with van der Waals surface area (Å²) in [7, 11) is 0. The lowest BCUT2D eigenvalue weighted by Gasteiger charge is -2.30. The van der Waals surface area contributed by atoms with Crippen molar-refractivity contribution in [2.24, 2.45) is 0 Å². The van der Waals surface area contributed by atoms with Gasteiger partial charge in [-0.15, -0.1) is 10.2 Å². The maximum atomic E-state index is 13.6. The third-order valence-electron chi connectivity index (χ3n) is 4.55. The lowest BCUT2D eigenvalue weighted by atomic mass is 9.97. The van der Waals surface area contributed by atoms with E-state index in [9.17, 15) is 31.4 Å². The van der Waals surface area contributed by atoms with Crippen LogP contribution in [0.15, 0.2) is 10.5 Å². The molecule has 0 saturated carbocycles. The highest BCUT2D eigenvalue weighted by atomic mass is 19.4. The number of nitrogens with two attached hydrogens (primary N) is 1. The van der Waals surface area contributed by atoms with Crippen LogP contribution in [0.4, 0.5) is 37.8 Å². The molecule has 0 amide bonds. The molecule has 2 aromatic heterocycles. The van der Waals surface area contributed by atoms with Gasteiger partial charge >= 0.3 is 12.4 Å². The molecule has 0 aromatic carbocycles. The summed E-state index contributed by atoms with van der Waals surface area (Å²) < 4.78 is 91.6. The topological polar surface area (TPSA) is 119 Å². The van der Waals surface area contributed by atoms with E-state index in [1.807, 2.05) is 0 Å². The molecule has 4 N–H and O–H groups in total. The Labute approximate surface area is 171 Å². The fourth-order valence-electron chi connectivity index (χ4n) is 2.98. The Balaban J connectivity index is 2.21. The zero-order chi connectivity index (χ0) is 23.2. The Morgan fingerprint density at radius 1 is 1.16 bits per heavy atom. The number of rotatable bonds is 0. The first kappa shape index (κ1) is 23.1. The lowest BCUT2D eigenvalue weighted by molar-refractivity contribution is -0.277. The molecule has 14 heteroatoms. The van der Waals surface area contributed by atoms with Crippen LogP contribution in [0.5, 0.6) is 0 Å². The predicted molar refractivity (Wildman–Crippen MR) is 94.6 cm³/mol. The number of ether oxygens (including phenoxy) is 1. The second-order valence-corrected chi connectivity index (χ2v) is 7.76. The van der Waals surface area contributed by atoms with Gasteiger partial charge in [-0.2, -0.15) is 26.3 Å². The Bertz CT molecular complexity index is 959. The van der Waals surface area contributed by atoms with E-state index in [1.54, 1.807) is 0 Å². The second-order valence-electron chi connectivity index (χ2n) is 7.76. The number of aliphatic hydroxyl groups is 1. The van der Waals surface area contributed by atoms with E-state index in [4.69, 9.17) is 14.9 Å². The van der Waals surface area contributed by atoms with Crippen molar-refractivity contribution in [1.82, 2.24) is 15.2 Å². The monoisotopic (exact) mass is 455 g/mol. The third kappa shape index (κ3) is 4.54. The Kier molecular flexibility index (Phi) is 5.59. The first-order valence-corrected chi connectivity index (χ1v) is 9.01. The third-order valence-corrected chi connectivity index (χ3v) is 4.55. The smallest absolute Gasteiger partial charge is 0.416 e. The molecule has 0 unspecified atom stereocenters. The molecule has 31 heavy (non-hydrogen) atoms. The van der Waals surface area contributed by atoms with Gasteiger partial charge in [0.25, 0.3) is 11.8 Å². The highest BCUT2D eigenvalue weighted by Gasteiger charge is 2.58. The molecule has 3 heterocycles. The van der Waals surface area contributed by atoms with Crippen molar-refractivity contribution < 1.29 is 40.6 Å². The molecule has 8 nitrogen and oxygen atoms in total. The molecule has 0 saturated heterocycles. The van der Waals surface area contributed by atoms with Crippen LogP contribution in [0.1, 0.15) is 38.1 Å². The molecule has 3 rings (SSSR count). The van der Waals surface area contributed by atoms with Gasteiger partial charge in [0.2, 0.25) is 5.60 Å². The van der Waals surface area contributed by atoms with E-state index < -0.39 is 64.5 Å². The van der Waals surface area contributed by atoms with E-state index in [2.05, 4.69) is 20.5 Å². The minimum Gasteiger partial charge on any atom is -0.416 e. The molecule has 0 fully saturated rings. The number of nitrogens with zero attached hydrogens (tertiary/aromatic N) is 3. The Morgan fingerprint density at radius 3 is 2.45 bits per heavy atom. The number of halogens is 6. The quantitative estimate of drug-likeness (QED) is 0.517. The maximum Gasteiger partial charge on any atom is 0.426 e. The van der Waals surface area contributed by atoms with Crippen LogP contribution in [0.25, 0.3) is 11.6 Å². The minimum absolute atomic E-state index is 0.158. The van der Waals surface area contributed by atoms with E-state index in [0.717, 1.165) is 0 Å². The molecule has 172 valence electrons. The van der Waals surface area contributed by atoms with Gasteiger partial charge in [-0.3, -0.25) is 0 Å². The van der Waals surface area contributed by atoms with Gasteiger partial charge in [-0.25, -0.2) is 4.98 Å². The van der Waals surface area contributed by atoms with Crippen molar-refractivity contribution in [2.45, 2.75) is 50.2 Å². The fourth-order valence-corrected chi connectivity index (χ4v) is 2.98. The van der Waals surface area contributed by atoms with Crippen LogP contribution in [0.2, 0.25) is 0 Å². The van der Waals surface area contributed by atoms with E-state index in [-0.39, 0.29) is 19.6 Å². The summed E-state index contributed by atoms with van der Waals surface area (Å²) in [6, 6.07) is 0.563. The van der Waals surface area contributed by atoms with Crippen molar-refractivity contribution in [3.63, 3.8) is 0 Å². The number of nitrogen functional groups attached to an aromatic ring is 1. The van der Waals surface area contributed by atoms with Gasteiger partial charge in [0.15, 0.2) is 5.69 Å². The van der Waals surface area contributed by atoms with Gasteiger partial charge in [0, 0.05) is 6.61 Å². The zero-order valence-electron chi connectivity index (χ0n) is 16.4. The molecule has 0 spiro atoms. The van der Waals surface area contributed by atoms with Crippen LogP contribution in [0.3, 0.4) is 0 Å². The number of aromatic nitrogens is 3. The molecule has 1 aliphatic rings. The highest BCUT2D eigenvalue weighted by molar-refractivity contribution is 5.71. The SMILES string of the molecule is CC1(C)COCCC[C@](O)(C(F)(F)F)c2nnc(o2)-c2nc(c(C(F)(F)F)cc2N)N1. The average Bonchev–Trinajstić information content (AvgIpc) is 3.09. The summed E-state index contributed by atoms with van der Waals surface area (Å²) in [4.78, 5) is 3.81. The summed E-state index contributed by atoms with van der Waals surface area (Å²) in [5, 5.41) is 19.6. The number of hydrogen-bond acceptors (Lipinski definition) is 8. The molecule has 0 radical (unpaired) electrons. The number of fused-ring (bicyclic) bond motifs is 5. The van der Waals surface area contributed by atoms with Crippen molar-refractivity contribution in [3.05, 3.63) is 17.5 Å². The number of nitrogens with one attached hydrogen (secondary N) is 1. The first-order valence-electron chi connectivity index (χ1n) is 9.01. The van der Waals surface area contributed by atoms with Gasteiger partial charge in [-0.05, 0) is 32.8 Å². The normalized spacial score (nSPS) is 22.5.